The number of carbonyl (C=O) groups is 1. The topological polar surface area (TPSA) is 65.5 Å². The van der Waals surface area contributed by atoms with Crippen LogP contribution in [0.2, 0.25) is 0 Å². The number of hydrogen-bond donors (Lipinski definition) is 1. The molecule has 20 heavy (non-hydrogen) atoms. The Labute approximate surface area is 117 Å². The first-order chi connectivity index (χ1) is 9.66. The van der Waals surface area contributed by atoms with Gasteiger partial charge in [0.25, 0.3) is 0 Å². The van der Waals surface area contributed by atoms with Gasteiger partial charge in [-0.15, -0.1) is 0 Å². The summed E-state index contributed by atoms with van der Waals surface area (Å²) in [5.41, 5.74) is 7.18. The molecule has 2 aromatic rings. The molecular formula is C16H19NO3. The molecule has 0 spiro atoms. The molecule has 0 bridgehead atoms. The van der Waals surface area contributed by atoms with Crippen molar-refractivity contribution in [1.29, 1.82) is 0 Å². The molecule has 1 aromatic carbocycles. The molecule has 4 heteroatoms. The molecule has 0 radical (unpaired) electrons. The average molecular weight is 273 g/mol. The number of benzene rings is 1. The van der Waals surface area contributed by atoms with Crippen LogP contribution in [0.1, 0.15) is 29.0 Å². The third-order valence-electron chi connectivity index (χ3n) is 4.29. The summed E-state index contributed by atoms with van der Waals surface area (Å²) in [6.45, 7) is 3.49. The monoisotopic (exact) mass is 273 g/mol. The fraction of sp³-hybridized carbons (Fsp3) is 0.438. The van der Waals surface area contributed by atoms with Crippen molar-refractivity contribution in [2.24, 2.45) is 11.1 Å². The van der Waals surface area contributed by atoms with E-state index in [9.17, 15) is 4.79 Å². The average Bonchev–Trinajstić information content (AvgIpc) is 2.92. The highest BCUT2D eigenvalue weighted by Crippen LogP contribution is 2.35. The van der Waals surface area contributed by atoms with Gasteiger partial charge < -0.3 is 14.9 Å². The summed E-state index contributed by atoms with van der Waals surface area (Å²) in [6.07, 6.45) is 1.33. The summed E-state index contributed by atoms with van der Waals surface area (Å²) in [7, 11) is 0. The van der Waals surface area contributed by atoms with Gasteiger partial charge in [0.05, 0.1) is 5.41 Å². The molecule has 106 valence electrons. The molecular weight excluding hydrogens is 254 g/mol. The van der Waals surface area contributed by atoms with E-state index in [2.05, 4.69) is 0 Å². The van der Waals surface area contributed by atoms with Crippen LogP contribution in [0.25, 0.3) is 11.0 Å². The van der Waals surface area contributed by atoms with Crippen LogP contribution in [0.5, 0.6) is 0 Å². The molecule has 3 rings (SSSR count). The number of fused-ring (bicyclic) bond motifs is 1. The number of aryl methyl sites for hydroxylation is 1. The summed E-state index contributed by atoms with van der Waals surface area (Å²) in [5, 5.41) is 0.965. The number of rotatable bonds is 3. The zero-order chi connectivity index (χ0) is 14.2. The van der Waals surface area contributed by atoms with Gasteiger partial charge in [-0.2, -0.15) is 0 Å². The maximum absolute atomic E-state index is 12.8. The molecule has 1 aromatic heterocycles. The van der Waals surface area contributed by atoms with E-state index in [1.165, 1.54) is 0 Å². The number of carbonyl (C=O) groups excluding carboxylic acids is 1. The molecule has 1 saturated heterocycles. The van der Waals surface area contributed by atoms with Gasteiger partial charge in [0.15, 0.2) is 5.76 Å². The molecule has 0 amide bonds. The van der Waals surface area contributed by atoms with E-state index >= 15 is 0 Å². The highest BCUT2D eigenvalue weighted by Gasteiger charge is 2.40. The smallest absolute Gasteiger partial charge is 0.205 e. The summed E-state index contributed by atoms with van der Waals surface area (Å²) < 4.78 is 11.1. The quantitative estimate of drug-likeness (QED) is 0.873. The van der Waals surface area contributed by atoms with Crippen molar-refractivity contribution in [3.8, 4) is 0 Å². The standard InChI is InChI=1S/C16H19NO3/c1-11-3-2-4-12-9-13(20-14(11)12)15(18)16(10-17)5-7-19-8-6-16/h2-4,9H,5-8,10,17H2,1H3. The molecule has 2 N–H and O–H groups in total. The summed E-state index contributed by atoms with van der Waals surface area (Å²) in [6, 6.07) is 7.74. The van der Waals surface area contributed by atoms with Crippen LogP contribution in [0.4, 0.5) is 0 Å². The van der Waals surface area contributed by atoms with Gasteiger partial charge in [-0.1, -0.05) is 18.2 Å². The van der Waals surface area contributed by atoms with Gasteiger partial charge in [-0.05, 0) is 31.4 Å². The van der Waals surface area contributed by atoms with Gasteiger partial charge in [0, 0.05) is 25.1 Å². The third kappa shape index (κ3) is 2.05. The van der Waals surface area contributed by atoms with Crippen LogP contribution in [-0.2, 0) is 4.74 Å². The Balaban J connectivity index is 2.01. The predicted octanol–water partition coefficient (Wildman–Crippen LogP) is 2.68. The number of Topliss-reactive ketones (excluding diaryl/α,β-unsaturated/α-hetero) is 1. The van der Waals surface area contributed by atoms with Crippen molar-refractivity contribution < 1.29 is 13.9 Å². The van der Waals surface area contributed by atoms with Crippen molar-refractivity contribution in [3.05, 3.63) is 35.6 Å². The first kappa shape index (κ1) is 13.3. The summed E-state index contributed by atoms with van der Waals surface area (Å²) >= 11 is 0. The van der Waals surface area contributed by atoms with Gasteiger partial charge in [0.2, 0.25) is 5.78 Å². The van der Waals surface area contributed by atoms with Crippen LogP contribution in [0.15, 0.2) is 28.7 Å². The number of furan rings is 1. The van der Waals surface area contributed by atoms with Crippen LogP contribution in [-0.4, -0.2) is 25.5 Å². The Morgan fingerprint density at radius 1 is 1.35 bits per heavy atom. The van der Waals surface area contributed by atoms with Gasteiger partial charge >= 0.3 is 0 Å². The molecule has 0 aliphatic carbocycles. The second-order valence-electron chi connectivity index (χ2n) is 5.53. The van der Waals surface area contributed by atoms with Gasteiger partial charge in [-0.3, -0.25) is 4.79 Å². The van der Waals surface area contributed by atoms with Crippen LogP contribution < -0.4 is 5.73 Å². The zero-order valence-electron chi connectivity index (χ0n) is 11.6. The Kier molecular flexibility index (Phi) is 3.36. The number of ketones is 1. The Hall–Kier alpha value is -1.65. The van der Waals surface area contributed by atoms with E-state index in [1.54, 1.807) is 0 Å². The lowest BCUT2D eigenvalue weighted by atomic mass is 9.75. The Morgan fingerprint density at radius 2 is 2.10 bits per heavy atom. The Morgan fingerprint density at radius 3 is 2.75 bits per heavy atom. The minimum Gasteiger partial charge on any atom is -0.453 e. The minimum absolute atomic E-state index is 0.0129. The Bertz CT molecular complexity index is 638. The second kappa shape index (κ2) is 5.04. The summed E-state index contributed by atoms with van der Waals surface area (Å²) in [5.74, 6) is 0.431. The second-order valence-corrected chi connectivity index (χ2v) is 5.53. The van der Waals surface area contributed by atoms with E-state index in [0.717, 1.165) is 16.5 Å². The van der Waals surface area contributed by atoms with Crippen molar-refractivity contribution in [1.82, 2.24) is 0 Å². The molecule has 1 aliphatic rings. The lowest BCUT2D eigenvalue weighted by Crippen LogP contribution is -2.43. The van der Waals surface area contributed by atoms with Gasteiger partial charge in [-0.25, -0.2) is 0 Å². The molecule has 0 saturated carbocycles. The van der Waals surface area contributed by atoms with Crippen molar-refractivity contribution in [3.63, 3.8) is 0 Å². The maximum atomic E-state index is 12.8. The lowest BCUT2D eigenvalue weighted by Gasteiger charge is -2.33. The maximum Gasteiger partial charge on any atom is 0.205 e. The molecule has 0 unspecified atom stereocenters. The van der Waals surface area contributed by atoms with Crippen LogP contribution >= 0.6 is 0 Å². The number of para-hydroxylation sites is 1. The fourth-order valence-corrected chi connectivity index (χ4v) is 2.87. The largest absolute Gasteiger partial charge is 0.453 e. The van der Waals surface area contributed by atoms with Crippen molar-refractivity contribution >= 4 is 16.8 Å². The van der Waals surface area contributed by atoms with Crippen molar-refractivity contribution in [2.75, 3.05) is 19.8 Å². The number of ether oxygens (including phenoxy) is 1. The predicted molar refractivity (Wildman–Crippen MR) is 76.8 cm³/mol. The van der Waals surface area contributed by atoms with Crippen molar-refractivity contribution in [2.45, 2.75) is 19.8 Å². The van der Waals surface area contributed by atoms with Crippen LogP contribution in [0.3, 0.4) is 0 Å². The molecule has 2 heterocycles. The molecule has 1 fully saturated rings. The number of hydrogen-bond acceptors (Lipinski definition) is 4. The number of nitrogens with two attached hydrogens (primary N) is 1. The molecule has 0 atom stereocenters. The minimum atomic E-state index is -0.528. The van der Waals surface area contributed by atoms with E-state index < -0.39 is 5.41 Å². The highest BCUT2D eigenvalue weighted by molar-refractivity contribution is 6.01. The highest BCUT2D eigenvalue weighted by atomic mass is 16.5. The van der Waals surface area contributed by atoms with E-state index in [-0.39, 0.29) is 5.78 Å². The zero-order valence-corrected chi connectivity index (χ0v) is 11.6. The van der Waals surface area contributed by atoms with E-state index in [0.29, 0.717) is 38.4 Å². The lowest BCUT2D eigenvalue weighted by molar-refractivity contribution is 0.0185. The normalized spacial score (nSPS) is 18.3. The van der Waals surface area contributed by atoms with Gasteiger partial charge in [0.1, 0.15) is 5.58 Å². The van der Waals surface area contributed by atoms with E-state index in [4.69, 9.17) is 14.9 Å². The first-order valence-electron chi connectivity index (χ1n) is 6.98. The molecule has 4 nitrogen and oxygen atoms in total. The molecule has 1 aliphatic heterocycles. The van der Waals surface area contributed by atoms with E-state index in [1.807, 2.05) is 31.2 Å². The summed E-state index contributed by atoms with van der Waals surface area (Å²) in [4.78, 5) is 12.8. The fourth-order valence-electron chi connectivity index (χ4n) is 2.87. The SMILES string of the molecule is Cc1cccc2cc(C(=O)C3(CN)CCOCC3)oc12. The van der Waals surface area contributed by atoms with Crippen LogP contribution in [0, 0.1) is 12.3 Å². The third-order valence-corrected chi connectivity index (χ3v) is 4.29. The first-order valence-corrected chi connectivity index (χ1v) is 6.98.